The molecule has 0 aliphatic carbocycles. The van der Waals surface area contributed by atoms with Crippen LogP contribution in [0.2, 0.25) is 0 Å². The molecule has 27 heavy (non-hydrogen) atoms. The third-order valence-corrected chi connectivity index (χ3v) is 5.47. The van der Waals surface area contributed by atoms with Crippen molar-refractivity contribution in [1.29, 1.82) is 0 Å². The van der Waals surface area contributed by atoms with Gasteiger partial charge in [0.05, 0.1) is 17.3 Å². The Labute approximate surface area is 165 Å². The fourth-order valence-electron chi connectivity index (χ4n) is 3.10. The highest BCUT2D eigenvalue weighted by molar-refractivity contribution is 7.14. The molecule has 0 spiro atoms. The maximum Gasteiger partial charge on any atom is 0.240 e. The number of thiazole rings is 1. The van der Waals surface area contributed by atoms with Crippen LogP contribution >= 0.6 is 11.3 Å². The zero-order valence-corrected chi connectivity index (χ0v) is 17.2. The predicted octanol–water partition coefficient (Wildman–Crippen LogP) is 6.12. The Balaban J connectivity index is 1.89. The van der Waals surface area contributed by atoms with E-state index in [1.165, 1.54) is 16.9 Å². The van der Waals surface area contributed by atoms with E-state index >= 15 is 0 Å². The van der Waals surface area contributed by atoms with Crippen LogP contribution in [-0.2, 0) is 11.2 Å². The molecule has 0 aliphatic heterocycles. The lowest BCUT2D eigenvalue weighted by Crippen LogP contribution is -2.30. The van der Waals surface area contributed by atoms with E-state index in [4.69, 9.17) is 0 Å². The van der Waals surface area contributed by atoms with Crippen molar-refractivity contribution in [2.75, 3.05) is 4.90 Å². The molecular formula is C23H26N2OS. The number of aromatic nitrogens is 1. The molecule has 0 bridgehead atoms. The van der Waals surface area contributed by atoms with Crippen molar-refractivity contribution in [3.63, 3.8) is 0 Å². The second-order valence-corrected chi connectivity index (χ2v) is 8.18. The van der Waals surface area contributed by atoms with E-state index in [1.54, 1.807) is 4.90 Å². The number of rotatable bonds is 6. The molecule has 0 aliphatic rings. The van der Waals surface area contributed by atoms with Gasteiger partial charge in [-0.2, -0.15) is 0 Å². The third-order valence-electron chi connectivity index (χ3n) is 4.53. The van der Waals surface area contributed by atoms with Crippen LogP contribution in [0.5, 0.6) is 0 Å². The molecule has 2 aromatic carbocycles. The van der Waals surface area contributed by atoms with E-state index < -0.39 is 0 Å². The fourth-order valence-corrected chi connectivity index (χ4v) is 3.93. The largest absolute Gasteiger partial charge is 0.273 e. The van der Waals surface area contributed by atoms with Crippen LogP contribution in [-0.4, -0.2) is 10.9 Å². The van der Waals surface area contributed by atoms with E-state index in [0.717, 1.165) is 23.4 Å². The Hall–Kier alpha value is -2.46. The average Bonchev–Trinajstić information content (AvgIpc) is 3.08. The quantitative estimate of drug-likeness (QED) is 0.518. The Kier molecular flexibility index (Phi) is 6.07. The van der Waals surface area contributed by atoms with Gasteiger partial charge in [-0.15, -0.1) is 11.3 Å². The zero-order valence-electron chi connectivity index (χ0n) is 16.3. The molecule has 1 atom stereocenters. The van der Waals surface area contributed by atoms with E-state index in [9.17, 15) is 4.79 Å². The molecule has 140 valence electrons. The number of hydrogen-bond donors (Lipinski definition) is 0. The summed E-state index contributed by atoms with van der Waals surface area (Å²) < 4.78 is 0. The Bertz CT molecular complexity index is 884. The van der Waals surface area contributed by atoms with Crippen LogP contribution < -0.4 is 4.90 Å². The predicted molar refractivity (Wildman–Crippen MR) is 114 cm³/mol. The molecule has 1 heterocycles. The van der Waals surface area contributed by atoms with Crippen LogP contribution in [0.15, 0.2) is 60.0 Å². The van der Waals surface area contributed by atoms with Crippen LogP contribution in [0.3, 0.4) is 0 Å². The van der Waals surface area contributed by atoms with Gasteiger partial charge < -0.3 is 0 Å². The zero-order chi connectivity index (χ0) is 19.4. The van der Waals surface area contributed by atoms with Crippen molar-refractivity contribution in [2.24, 2.45) is 5.92 Å². The van der Waals surface area contributed by atoms with Gasteiger partial charge in [0, 0.05) is 5.38 Å². The molecule has 3 nitrogen and oxygen atoms in total. The number of carbonyl (C=O) groups is 1. The first-order chi connectivity index (χ1) is 13.0. The summed E-state index contributed by atoms with van der Waals surface area (Å²) in [5.74, 6) is 0.409. The Morgan fingerprint density at radius 1 is 1.04 bits per heavy atom. The van der Waals surface area contributed by atoms with Gasteiger partial charge in [-0.3, -0.25) is 9.69 Å². The van der Waals surface area contributed by atoms with Crippen molar-refractivity contribution in [3.05, 3.63) is 76.8 Å². The first-order valence-electron chi connectivity index (χ1n) is 9.35. The number of benzene rings is 2. The second-order valence-electron chi connectivity index (χ2n) is 7.34. The fraction of sp³-hybridized carbons (Fsp3) is 0.304. The molecule has 3 rings (SSSR count). The topological polar surface area (TPSA) is 33.2 Å². The molecule has 3 aromatic rings. The molecule has 0 saturated heterocycles. The summed E-state index contributed by atoms with van der Waals surface area (Å²) in [7, 11) is 0. The molecule has 1 unspecified atom stereocenters. The van der Waals surface area contributed by atoms with Gasteiger partial charge in [-0.05, 0) is 49.4 Å². The lowest BCUT2D eigenvalue weighted by atomic mass is 9.96. The summed E-state index contributed by atoms with van der Waals surface area (Å²) in [6, 6.07) is 18.2. The maximum absolute atomic E-state index is 13.4. The van der Waals surface area contributed by atoms with E-state index in [2.05, 4.69) is 43.1 Å². The number of nitrogens with zero attached hydrogens (tertiary/aromatic N) is 2. The first kappa shape index (κ1) is 19.3. The highest BCUT2D eigenvalue weighted by Crippen LogP contribution is 2.32. The number of hydrogen-bond acceptors (Lipinski definition) is 3. The van der Waals surface area contributed by atoms with Crippen LogP contribution in [0, 0.1) is 12.8 Å². The number of anilines is 2. The molecule has 1 aromatic heterocycles. The minimum Gasteiger partial charge on any atom is -0.273 e. The summed E-state index contributed by atoms with van der Waals surface area (Å²) >= 11 is 1.50. The highest BCUT2D eigenvalue weighted by Gasteiger charge is 2.26. The third kappa shape index (κ3) is 4.64. The lowest BCUT2D eigenvalue weighted by molar-refractivity contribution is -0.119. The average molecular weight is 379 g/mol. The molecule has 1 amide bonds. The number of amides is 1. The molecular weight excluding hydrogens is 352 g/mol. The minimum atomic E-state index is -0.248. The van der Waals surface area contributed by atoms with E-state index in [0.29, 0.717) is 11.0 Å². The summed E-state index contributed by atoms with van der Waals surface area (Å²) in [4.78, 5) is 19.7. The van der Waals surface area contributed by atoms with E-state index in [1.807, 2.05) is 49.6 Å². The summed E-state index contributed by atoms with van der Waals surface area (Å²) in [5, 5.41) is 2.69. The van der Waals surface area contributed by atoms with Gasteiger partial charge >= 0.3 is 0 Å². The summed E-state index contributed by atoms with van der Waals surface area (Å²) in [5.41, 5.74) is 4.11. The smallest absolute Gasteiger partial charge is 0.240 e. The minimum absolute atomic E-state index is 0.0344. The first-order valence-corrected chi connectivity index (χ1v) is 10.2. The van der Waals surface area contributed by atoms with Crippen molar-refractivity contribution in [3.8, 4) is 0 Å². The second kappa shape index (κ2) is 8.49. The lowest BCUT2D eigenvalue weighted by Gasteiger charge is -2.24. The van der Waals surface area contributed by atoms with E-state index in [-0.39, 0.29) is 11.8 Å². The van der Waals surface area contributed by atoms with Gasteiger partial charge in [0.25, 0.3) is 0 Å². The number of aryl methyl sites for hydroxylation is 1. The monoisotopic (exact) mass is 378 g/mol. The Morgan fingerprint density at radius 3 is 2.26 bits per heavy atom. The molecule has 0 saturated carbocycles. The van der Waals surface area contributed by atoms with Gasteiger partial charge in [0.1, 0.15) is 0 Å². The molecule has 4 heteroatoms. The molecule has 0 radical (unpaired) electrons. The normalized spacial score (nSPS) is 12.2. The van der Waals surface area contributed by atoms with Crippen LogP contribution in [0.1, 0.15) is 43.5 Å². The molecule has 0 N–H and O–H groups in total. The van der Waals surface area contributed by atoms with Crippen LogP contribution in [0.4, 0.5) is 10.8 Å². The summed E-state index contributed by atoms with van der Waals surface area (Å²) in [6.45, 7) is 8.35. The SMILES string of the molecule is Cc1csc(N(C(=O)C(C)c2ccc(CC(C)C)cc2)c2ccccc2)n1. The standard InChI is InChI=1S/C23H26N2OS/c1-16(2)14-19-10-12-20(13-11-19)18(4)22(26)25(21-8-6-5-7-9-21)23-24-17(3)15-27-23/h5-13,15-16,18H,14H2,1-4H3. The van der Waals surface area contributed by atoms with Gasteiger partial charge in [0.15, 0.2) is 5.13 Å². The van der Waals surface area contributed by atoms with Gasteiger partial charge in [-0.25, -0.2) is 4.98 Å². The van der Waals surface area contributed by atoms with Crippen molar-refractivity contribution < 1.29 is 4.79 Å². The van der Waals surface area contributed by atoms with Crippen molar-refractivity contribution in [2.45, 2.75) is 40.0 Å². The maximum atomic E-state index is 13.4. The number of para-hydroxylation sites is 1. The van der Waals surface area contributed by atoms with Crippen LogP contribution in [0.25, 0.3) is 0 Å². The number of carbonyl (C=O) groups excluding carboxylic acids is 1. The Morgan fingerprint density at radius 2 is 1.70 bits per heavy atom. The van der Waals surface area contributed by atoms with Crippen molar-refractivity contribution in [1.82, 2.24) is 4.98 Å². The highest BCUT2D eigenvalue weighted by atomic mass is 32.1. The van der Waals surface area contributed by atoms with Gasteiger partial charge in [-0.1, -0.05) is 56.3 Å². The van der Waals surface area contributed by atoms with Crippen molar-refractivity contribution >= 4 is 28.1 Å². The molecule has 0 fully saturated rings. The van der Waals surface area contributed by atoms with Gasteiger partial charge in [0.2, 0.25) is 5.91 Å². The summed E-state index contributed by atoms with van der Waals surface area (Å²) in [6.07, 6.45) is 1.05.